The van der Waals surface area contributed by atoms with E-state index >= 15 is 0 Å². The molecule has 2 atom stereocenters. The molecule has 2 nitrogen and oxygen atoms in total. The van der Waals surface area contributed by atoms with Gasteiger partial charge in [-0.25, -0.2) is 0 Å². The number of hydrogen-bond acceptors (Lipinski definition) is 2. The van der Waals surface area contributed by atoms with Crippen LogP contribution in [-0.2, 0) is 10.2 Å². The molecule has 0 radical (unpaired) electrons. The van der Waals surface area contributed by atoms with Gasteiger partial charge >= 0.3 is 0 Å². The average molecular weight is 261 g/mol. The zero-order valence-electron chi connectivity index (χ0n) is 12.5. The van der Waals surface area contributed by atoms with Crippen LogP contribution in [0.3, 0.4) is 0 Å². The van der Waals surface area contributed by atoms with Crippen molar-refractivity contribution in [2.45, 2.75) is 44.9 Å². The Kier molecular flexibility index (Phi) is 4.64. The minimum atomic E-state index is 0.215. The molecule has 2 unspecified atom stereocenters. The molecule has 2 N–H and O–H groups in total. The van der Waals surface area contributed by atoms with Crippen LogP contribution in [-0.4, -0.2) is 19.8 Å². The number of hydrogen-bond donors (Lipinski definition) is 1. The Labute approximate surface area is 117 Å². The summed E-state index contributed by atoms with van der Waals surface area (Å²) in [5.74, 6) is 1.20. The van der Waals surface area contributed by atoms with Crippen molar-refractivity contribution < 1.29 is 4.74 Å². The molecule has 0 bridgehead atoms. The van der Waals surface area contributed by atoms with Gasteiger partial charge in [0.25, 0.3) is 0 Å². The highest BCUT2D eigenvalue weighted by atomic mass is 16.5. The lowest BCUT2D eigenvalue weighted by Gasteiger charge is -2.43. The minimum absolute atomic E-state index is 0.215. The van der Waals surface area contributed by atoms with Crippen LogP contribution in [0.25, 0.3) is 0 Å². The van der Waals surface area contributed by atoms with Crippen molar-refractivity contribution in [1.82, 2.24) is 0 Å². The predicted octanol–water partition coefficient (Wildman–Crippen LogP) is 3.45. The van der Waals surface area contributed by atoms with Crippen molar-refractivity contribution in [1.29, 1.82) is 0 Å². The quantitative estimate of drug-likeness (QED) is 0.851. The summed E-state index contributed by atoms with van der Waals surface area (Å²) in [5, 5.41) is 0. The van der Waals surface area contributed by atoms with E-state index in [0.29, 0.717) is 11.8 Å². The molecule has 0 spiro atoms. The van der Waals surface area contributed by atoms with Gasteiger partial charge in [-0.1, -0.05) is 45.0 Å². The van der Waals surface area contributed by atoms with Crippen molar-refractivity contribution in [3.05, 3.63) is 35.4 Å². The first-order valence-electron chi connectivity index (χ1n) is 7.49. The highest BCUT2D eigenvalue weighted by Gasteiger charge is 2.40. The zero-order chi connectivity index (χ0) is 13.9. The van der Waals surface area contributed by atoms with E-state index in [1.165, 1.54) is 17.5 Å². The molecule has 0 aromatic heterocycles. The maximum absolute atomic E-state index is 5.78. The van der Waals surface area contributed by atoms with E-state index in [9.17, 15) is 0 Å². The number of nitrogens with two attached hydrogens (primary N) is 1. The molecule has 1 aromatic rings. The molecule has 0 amide bonds. The summed E-state index contributed by atoms with van der Waals surface area (Å²) in [7, 11) is 0. The topological polar surface area (TPSA) is 35.2 Å². The Hall–Kier alpha value is -0.860. The first-order valence-corrected chi connectivity index (χ1v) is 7.49. The van der Waals surface area contributed by atoms with Crippen LogP contribution >= 0.6 is 0 Å². The lowest BCUT2D eigenvalue weighted by atomic mass is 9.72. The highest BCUT2D eigenvalue weighted by Crippen LogP contribution is 2.38. The molecule has 0 saturated carbocycles. The molecule has 1 heterocycles. The van der Waals surface area contributed by atoms with Gasteiger partial charge < -0.3 is 10.5 Å². The van der Waals surface area contributed by atoms with Gasteiger partial charge in [0.1, 0.15) is 0 Å². The van der Waals surface area contributed by atoms with Crippen LogP contribution in [0.2, 0.25) is 0 Å². The van der Waals surface area contributed by atoms with Crippen molar-refractivity contribution in [3.63, 3.8) is 0 Å². The predicted molar refractivity (Wildman–Crippen MR) is 80.5 cm³/mol. The van der Waals surface area contributed by atoms with E-state index < -0.39 is 0 Å². The summed E-state index contributed by atoms with van der Waals surface area (Å²) in [4.78, 5) is 0. The Bertz CT molecular complexity index is 394. The fourth-order valence-electron chi connectivity index (χ4n) is 2.90. The summed E-state index contributed by atoms with van der Waals surface area (Å²) in [6.45, 7) is 9.21. The Morgan fingerprint density at radius 1 is 1.21 bits per heavy atom. The SMILES string of the molecule is CCC(C)c1ccc(C2(CC(C)CN)COC2)cc1. The second-order valence-corrected chi connectivity index (χ2v) is 6.25. The van der Waals surface area contributed by atoms with Gasteiger partial charge in [-0.15, -0.1) is 0 Å². The molecular weight excluding hydrogens is 234 g/mol. The van der Waals surface area contributed by atoms with E-state index in [4.69, 9.17) is 10.5 Å². The first kappa shape index (κ1) is 14.5. The van der Waals surface area contributed by atoms with E-state index in [0.717, 1.165) is 26.2 Å². The second kappa shape index (κ2) is 6.06. The number of benzene rings is 1. The van der Waals surface area contributed by atoms with E-state index in [2.05, 4.69) is 45.0 Å². The number of ether oxygens (including phenoxy) is 1. The van der Waals surface area contributed by atoms with Crippen molar-refractivity contribution in [2.75, 3.05) is 19.8 Å². The summed E-state index contributed by atoms with van der Waals surface area (Å²) < 4.78 is 5.50. The van der Waals surface area contributed by atoms with E-state index in [1.807, 2.05) is 0 Å². The van der Waals surface area contributed by atoms with Crippen LogP contribution in [0.4, 0.5) is 0 Å². The molecule has 1 aliphatic heterocycles. The summed E-state index contributed by atoms with van der Waals surface area (Å²) in [5.41, 5.74) is 8.85. The van der Waals surface area contributed by atoms with Gasteiger partial charge in [0, 0.05) is 5.41 Å². The zero-order valence-corrected chi connectivity index (χ0v) is 12.5. The molecule has 1 fully saturated rings. The smallest absolute Gasteiger partial charge is 0.0585 e. The molecule has 2 rings (SSSR count). The molecule has 1 saturated heterocycles. The van der Waals surface area contributed by atoms with Crippen LogP contribution < -0.4 is 5.73 Å². The highest BCUT2D eigenvalue weighted by molar-refractivity contribution is 5.32. The standard InChI is InChI=1S/C17H27NO/c1-4-14(3)15-5-7-16(8-6-15)17(11-19-12-17)9-13(2)10-18/h5-8,13-14H,4,9-12,18H2,1-3H3. The largest absolute Gasteiger partial charge is 0.379 e. The Balaban J connectivity index is 2.15. The van der Waals surface area contributed by atoms with Crippen molar-refractivity contribution in [3.8, 4) is 0 Å². The average Bonchev–Trinajstić information content (AvgIpc) is 2.42. The van der Waals surface area contributed by atoms with Crippen LogP contribution in [0.15, 0.2) is 24.3 Å². The van der Waals surface area contributed by atoms with Crippen LogP contribution in [0, 0.1) is 5.92 Å². The maximum Gasteiger partial charge on any atom is 0.0585 e. The lowest BCUT2D eigenvalue weighted by Crippen LogP contribution is -2.48. The third-order valence-electron chi connectivity index (χ3n) is 4.60. The Morgan fingerprint density at radius 3 is 2.26 bits per heavy atom. The summed E-state index contributed by atoms with van der Waals surface area (Å²) in [6.07, 6.45) is 2.32. The van der Waals surface area contributed by atoms with Gasteiger partial charge in [-0.05, 0) is 42.3 Å². The van der Waals surface area contributed by atoms with Crippen molar-refractivity contribution in [2.24, 2.45) is 11.7 Å². The molecule has 19 heavy (non-hydrogen) atoms. The number of rotatable bonds is 6. The fourth-order valence-corrected chi connectivity index (χ4v) is 2.90. The Morgan fingerprint density at radius 2 is 1.84 bits per heavy atom. The van der Waals surface area contributed by atoms with Gasteiger partial charge in [0.2, 0.25) is 0 Å². The fraction of sp³-hybridized carbons (Fsp3) is 0.647. The molecule has 0 aliphatic carbocycles. The molecular formula is C17H27NO. The van der Waals surface area contributed by atoms with E-state index in [-0.39, 0.29) is 5.41 Å². The van der Waals surface area contributed by atoms with Gasteiger partial charge in [-0.2, -0.15) is 0 Å². The van der Waals surface area contributed by atoms with Gasteiger partial charge in [0.05, 0.1) is 13.2 Å². The van der Waals surface area contributed by atoms with Crippen molar-refractivity contribution >= 4 is 0 Å². The first-order chi connectivity index (χ1) is 9.11. The monoisotopic (exact) mass is 261 g/mol. The molecule has 2 heteroatoms. The maximum atomic E-state index is 5.78. The third kappa shape index (κ3) is 3.01. The van der Waals surface area contributed by atoms with E-state index in [1.54, 1.807) is 0 Å². The third-order valence-corrected chi connectivity index (χ3v) is 4.60. The second-order valence-electron chi connectivity index (χ2n) is 6.25. The summed E-state index contributed by atoms with van der Waals surface area (Å²) >= 11 is 0. The molecule has 1 aromatic carbocycles. The lowest BCUT2D eigenvalue weighted by molar-refractivity contribution is -0.0702. The van der Waals surface area contributed by atoms with Crippen LogP contribution in [0.5, 0.6) is 0 Å². The van der Waals surface area contributed by atoms with Gasteiger partial charge in [-0.3, -0.25) is 0 Å². The van der Waals surface area contributed by atoms with Crippen LogP contribution in [0.1, 0.15) is 50.7 Å². The van der Waals surface area contributed by atoms with Gasteiger partial charge in [0.15, 0.2) is 0 Å². The molecule has 1 aliphatic rings. The normalized spacial score (nSPS) is 20.6. The summed E-state index contributed by atoms with van der Waals surface area (Å²) in [6, 6.07) is 9.17. The minimum Gasteiger partial charge on any atom is -0.379 e. The molecule has 106 valence electrons.